The number of hydrogen-bond acceptors (Lipinski definition) is 3. The molecular weight excluding hydrogens is 304 g/mol. The Morgan fingerprint density at radius 3 is 2.57 bits per heavy atom. The molecule has 3 nitrogen and oxygen atoms in total. The zero-order chi connectivity index (χ0) is 14.7. The molecule has 1 aliphatic heterocycles. The van der Waals surface area contributed by atoms with Gasteiger partial charge in [0.25, 0.3) is 0 Å². The number of benzene rings is 1. The second-order valence-electron chi connectivity index (χ2n) is 5.75. The van der Waals surface area contributed by atoms with Gasteiger partial charge in [0.05, 0.1) is 5.25 Å². The molecule has 3 unspecified atom stereocenters. The Hall–Kier alpha value is -0.710. The Kier molecular flexibility index (Phi) is 7.04. The summed E-state index contributed by atoms with van der Waals surface area (Å²) in [6, 6.07) is 8.65. The second kappa shape index (κ2) is 8.06. The zero-order valence-electron chi connectivity index (χ0n) is 12.9. The Bertz CT molecular complexity index is 466. The smallest absolute Gasteiger partial charge is 0.236 e. The topological polar surface area (TPSA) is 46.3 Å². The van der Waals surface area contributed by atoms with E-state index in [1.807, 2.05) is 11.8 Å². The van der Waals surface area contributed by atoms with Crippen LogP contribution in [0.1, 0.15) is 25.8 Å². The lowest BCUT2D eigenvalue weighted by Crippen LogP contribution is -2.39. The van der Waals surface area contributed by atoms with Gasteiger partial charge in [-0.1, -0.05) is 17.7 Å². The van der Waals surface area contributed by atoms with Gasteiger partial charge in [-0.25, -0.2) is 0 Å². The van der Waals surface area contributed by atoms with E-state index in [9.17, 15) is 4.79 Å². The van der Waals surface area contributed by atoms with Crippen LogP contribution in [0.4, 0.5) is 0 Å². The van der Waals surface area contributed by atoms with Crippen molar-refractivity contribution in [3.8, 4) is 0 Å². The fourth-order valence-corrected chi connectivity index (χ4v) is 3.66. The summed E-state index contributed by atoms with van der Waals surface area (Å²) in [7, 11) is 0. The quantitative estimate of drug-likeness (QED) is 0.864. The summed E-state index contributed by atoms with van der Waals surface area (Å²) < 4.78 is 0. The van der Waals surface area contributed by atoms with Crippen molar-refractivity contribution in [2.75, 3.05) is 13.1 Å². The van der Waals surface area contributed by atoms with Crippen LogP contribution in [0.3, 0.4) is 0 Å². The molecule has 0 aromatic heterocycles. The van der Waals surface area contributed by atoms with E-state index in [1.54, 1.807) is 11.8 Å². The van der Waals surface area contributed by atoms with Crippen LogP contribution >= 0.6 is 24.2 Å². The van der Waals surface area contributed by atoms with Crippen molar-refractivity contribution < 1.29 is 4.79 Å². The minimum Gasteiger partial charge on any atom is -0.339 e. The van der Waals surface area contributed by atoms with Gasteiger partial charge in [0.15, 0.2) is 0 Å². The number of thioether (sulfide) groups is 1. The Balaban J connectivity index is 0.00000220. The maximum atomic E-state index is 12.6. The molecule has 5 heteroatoms. The number of rotatable bonds is 4. The average Bonchev–Trinajstić information content (AvgIpc) is 2.81. The lowest BCUT2D eigenvalue weighted by Gasteiger charge is -2.25. The van der Waals surface area contributed by atoms with E-state index in [0.717, 1.165) is 17.9 Å². The molecule has 3 atom stereocenters. The highest BCUT2D eigenvalue weighted by Crippen LogP contribution is 2.29. The molecule has 2 N–H and O–H groups in total. The van der Waals surface area contributed by atoms with E-state index in [0.29, 0.717) is 18.5 Å². The van der Waals surface area contributed by atoms with Gasteiger partial charge in [-0.3, -0.25) is 4.79 Å². The molecular formula is C16H25ClN2OS. The van der Waals surface area contributed by atoms with Gasteiger partial charge in [-0.15, -0.1) is 24.2 Å². The highest BCUT2D eigenvalue weighted by atomic mass is 35.5. The first-order chi connectivity index (χ1) is 9.51. The van der Waals surface area contributed by atoms with E-state index in [2.05, 4.69) is 38.1 Å². The summed E-state index contributed by atoms with van der Waals surface area (Å²) in [4.78, 5) is 15.7. The Labute approximate surface area is 138 Å². The SMILES string of the molecule is Cc1ccc(SC(C)C(=O)N2CC(CN)CC2C)cc1.Cl. The predicted molar refractivity (Wildman–Crippen MR) is 92.1 cm³/mol. The van der Waals surface area contributed by atoms with Crippen LogP contribution in [-0.2, 0) is 4.79 Å². The van der Waals surface area contributed by atoms with Crippen molar-refractivity contribution in [2.24, 2.45) is 11.7 Å². The van der Waals surface area contributed by atoms with Gasteiger partial charge in [0.1, 0.15) is 0 Å². The summed E-state index contributed by atoms with van der Waals surface area (Å²) in [5.41, 5.74) is 6.97. The minimum atomic E-state index is -0.0447. The number of carbonyl (C=O) groups excluding carboxylic acids is 1. The van der Waals surface area contributed by atoms with Crippen molar-refractivity contribution in [1.29, 1.82) is 0 Å². The molecule has 1 saturated heterocycles. The third-order valence-corrected chi connectivity index (χ3v) is 5.06. The number of hydrogen-bond donors (Lipinski definition) is 1. The number of halogens is 1. The van der Waals surface area contributed by atoms with Crippen molar-refractivity contribution in [2.45, 2.75) is 43.4 Å². The highest BCUT2D eigenvalue weighted by Gasteiger charge is 2.33. The highest BCUT2D eigenvalue weighted by molar-refractivity contribution is 8.00. The molecule has 1 heterocycles. The first-order valence-electron chi connectivity index (χ1n) is 7.25. The number of aryl methyl sites for hydroxylation is 1. The van der Waals surface area contributed by atoms with Gasteiger partial charge >= 0.3 is 0 Å². The largest absolute Gasteiger partial charge is 0.339 e. The fourth-order valence-electron chi connectivity index (χ4n) is 2.73. The molecule has 0 saturated carbocycles. The van der Waals surface area contributed by atoms with Crippen molar-refractivity contribution >= 4 is 30.1 Å². The van der Waals surface area contributed by atoms with Crippen LogP contribution in [0.25, 0.3) is 0 Å². The van der Waals surface area contributed by atoms with Crippen molar-refractivity contribution in [3.05, 3.63) is 29.8 Å². The minimum absolute atomic E-state index is 0. The molecule has 0 spiro atoms. The predicted octanol–water partition coefficient (Wildman–Crippen LogP) is 3.09. The molecule has 1 fully saturated rings. The van der Waals surface area contributed by atoms with E-state index >= 15 is 0 Å². The van der Waals surface area contributed by atoms with E-state index in [4.69, 9.17) is 5.73 Å². The first-order valence-corrected chi connectivity index (χ1v) is 8.13. The third-order valence-electron chi connectivity index (χ3n) is 3.96. The summed E-state index contributed by atoms with van der Waals surface area (Å²) in [6.45, 7) is 7.68. The summed E-state index contributed by atoms with van der Waals surface area (Å²) in [5, 5.41) is -0.0447. The maximum absolute atomic E-state index is 12.6. The summed E-state index contributed by atoms with van der Waals surface area (Å²) in [5.74, 6) is 0.699. The molecule has 0 bridgehead atoms. The Morgan fingerprint density at radius 1 is 1.43 bits per heavy atom. The maximum Gasteiger partial charge on any atom is 0.236 e. The first kappa shape index (κ1) is 18.3. The monoisotopic (exact) mass is 328 g/mol. The van der Waals surface area contributed by atoms with Gasteiger partial charge in [-0.2, -0.15) is 0 Å². The molecule has 0 aliphatic carbocycles. The lowest BCUT2D eigenvalue weighted by atomic mass is 10.1. The van der Waals surface area contributed by atoms with Crippen LogP contribution in [0.5, 0.6) is 0 Å². The number of carbonyl (C=O) groups is 1. The molecule has 118 valence electrons. The Morgan fingerprint density at radius 2 is 2.05 bits per heavy atom. The van der Waals surface area contributed by atoms with E-state index in [1.165, 1.54) is 5.56 Å². The van der Waals surface area contributed by atoms with Gasteiger partial charge in [-0.05, 0) is 51.8 Å². The number of amides is 1. The molecule has 1 aromatic carbocycles. The lowest BCUT2D eigenvalue weighted by molar-refractivity contribution is -0.130. The zero-order valence-corrected chi connectivity index (χ0v) is 14.5. The van der Waals surface area contributed by atoms with Crippen LogP contribution in [0, 0.1) is 12.8 Å². The van der Waals surface area contributed by atoms with Crippen LogP contribution in [0.2, 0.25) is 0 Å². The molecule has 1 amide bonds. The molecule has 2 rings (SSSR count). The number of nitrogens with two attached hydrogens (primary N) is 1. The van der Waals surface area contributed by atoms with E-state index in [-0.39, 0.29) is 23.6 Å². The molecule has 0 radical (unpaired) electrons. The van der Waals surface area contributed by atoms with Crippen LogP contribution in [-0.4, -0.2) is 35.2 Å². The summed E-state index contributed by atoms with van der Waals surface area (Å²) >= 11 is 1.64. The fraction of sp³-hybridized carbons (Fsp3) is 0.562. The van der Waals surface area contributed by atoms with Gasteiger partial charge in [0.2, 0.25) is 5.91 Å². The van der Waals surface area contributed by atoms with E-state index < -0.39 is 0 Å². The third kappa shape index (κ3) is 4.63. The van der Waals surface area contributed by atoms with Crippen LogP contribution in [0.15, 0.2) is 29.2 Å². The summed E-state index contributed by atoms with van der Waals surface area (Å²) in [6.07, 6.45) is 1.03. The van der Waals surface area contributed by atoms with Gasteiger partial charge in [0, 0.05) is 17.5 Å². The molecule has 1 aromatic rings. The molecule has 21 heavy (non-hydrogen) atoms. The van der Waals surface area contributed by atoms with Crippen LogP contribution < -0.4 is 5.73 Å². The van der Waals surface area contributed by atoms with Crippen molar-refractivity contribution in [3.63, 3.8) is 0 Å². The average molecular weight is 329 g/mol. The number of likely N-dealkylation sites (tertiary alicyclic amines) is 1. The second-order valence-corrected chi connectivity index (χ2v) is 7.16. The molecule has 1 aliphatic rings. The van der Waals surface area contributed by atoms with Gasteiger partial charge < -0.3 is 10.6 Å². The van der Waals surface area contributed by atoms with Crippen molar-refractivity contribution in [1.82, 2.24) is 4.90 Å². The normalized spacial score (nSPS) is 22.8. The standard InChI is InChI=1S/C16H24N2OS.ClH/c1-11-4-6-15(7-5-11)20-13(3)16(19)18-10-14(9-17)8-12(18)2;/h4-7,12-14H,8-10,17H2,1-3H3;1H. The number of nitrogens with zero attached hydrogens (tertiary/aromatic N) is 1.